The van der Waals surface area contributed by atoms with Crippen molar-refractivity contribution in [3.05, 3.63) is 59.1 Å². The number of hydrogen-bond donors (Lipinski definition) is 3. The Labute approximate surface area is 146 Å². The van der Waals surface area contributed by atoms with Crippen LogP contribution in [-0.2, 0) is 6.54 Å². The molecule has 0 bridgehead atoms. The molecule has 3 aromatic rings. The molecule has 0 aliphatic heterocycles. The molecule has 0 fully saturated rings. The number of rotatable bonds is 6. The van der Waals surface area contributed by atoms with Gasteiger partial charge in [0.25, 0.3) is 0 Å². The van der Waals surface area contributed by atoms with Gasteiger partial charge in [-0.15, -0.1) is 0 Å². The van der Waals surface area contributed by atoms with Crippen LogP contribution in [0.4, 0.5) is 0 Å². The molecule has 4 heteroatoms. The first kappa shape index (κ1) is 17.2. The number of fused-ring (bicyclic) bond motifs is 2. The first-order chi connectivity index (χ1) is 11.6. The Kier molecular flexibility index (Phi) is 5.07. The van der Waals surface area contributed by atoms with E-state index in [0.29, 0.717) is 19.4 Å². The molecule has 3 N–H and O–H groups in total. The summed E-state index contributed by atoms with van der Waals surface area (Å²) in [5.41, 5.74) is 0.0340. The van der Waals surface area contributed by atoms with Crippen LogP contribution in [-0.4, -0.2) is 22.5 Å². The maximum absolute atomic E-state index is 10.6. The van der Waals surface area contributed by atoms with Gasteiger partial charge >= 0.3 is 0 Å². The Morgan fingerprint density at radius 1 is 0.958 bits per heavy atom. The molecule has 0 amide bonds. The fraction of sp³-hybridized carbons (Fsp3) is 0.300. The topological polar surface area (TPSA) is 52.5 Å². The highest BCUT2D eigenvalue weighted by molar-refractivity contribution is 6.41. The van der Waals surface area contributed by atoms with Crippen LogP contribution in [0, 0.1) is 0 Å². The lowest BCUT2D eigenvalue weighted by atomic mass is 9.96. The van der Waals surface area contributed by atoms with Gasteiger partial charge in [0, 0.05) is 30.3 Å². The summed E-state index contributed by atoms with van der Waals surface area (Å²) in [5, 5.41) is 27.9. The standard InChI is InChI=1S/C20H22ClNO2/c1-2-20(24,11-12-23)22-13-18-14-7-3-5-9-16(14)19(21)17-10-6-4-8-15(17)18/h3-10,22-24H,2,11-13H2,1H3. The molecule has 1 atom stereocenters. The van der Waals surface area contributed by atoms with E-state index in [1.807, 2.05) is 43.3 Å². The number of benzene rings is 3. The molecule has 0 heterocycles. The van der Waals surface area contributed by atoms with Gasteiger partial charge in [0.2, 0.25) is 0 Å². The van der Waals surface area contributed by atoms with Crippen molar-refractivity contribution in [3.8, 4) is 0 Å². The van der Waals surface area contributed by atoms with E-state index < -0.39 is 5.72 Å². The van der Waals surface area contributed by atoms with Crippen molar-refractivity contribution < 1.29 is 10.2 Å². The molecule has 1 unspecified atom stereocenters. The molecule has 0 aliphatic carbocycles. The van der Waals surface area contributed by atoms with Gasteiger partial charge in [0.05, 0.1) is 5.02 Å². The first-order valence-corrected chi connectivity index (χ1v) is 8.63. The van der Waals surface area contributed by atoms with E-state index in [1.54, 1.807) is 0 Å². The Hall–Kier alpha value is -1.65. The first-order valence-electron chi connectivity index (χ1n) is 8.25. The van der Waals surface area contributed by atoms with Crippen LogP contribution in [0.15, 0.2) is 48.5 Å². The van der Waals surface area contributed by atoms with E-state index in [-0.39, 0.29) is 6.61 Å². The SMILES string of the molecule is CCC(O)(CCO)NCc1c2ccccc2c(Cl)c2ccccc12. The minimum absolute atomic E-state index is 0.0561. The van der Waals surface area contributed by atoms with E-state index in [1.165, 1.54) is 0 Å². The molecular formula is C20H22ClNO2. The second-order valence-corrected chi connectivity index (χ2v) is 6.47. The van der Waals surface area contributed by atoms with Crippen molar-refractivity contribution in [2.45, 2.75) is 32.0 Å². The number of aliphatic hydroxyl groups excluding tert-OH is 1. The molecule has 3 nitrogen and oxygen atoms in total. The molecule has 3 aromatic carbocycles. The maximum atomic E-state index is 10.6. The molecular weight excluding hydrogens is 322 g/mol. The van der Waals surface area contributed by atoms with Gasteiger partial charge < -0.3 is 10.2 Å². The van der Waals surface area contributed by atoms with Crippen molar-refractivity contribution in [1.29, 1.82) is 0 Å². The molecule has 0 aliphatic rings. The highest BCUT2D eigenvalue weighted by Crippen LogP contribution is 2.36. The summed E-state index contributed by atoms with van der Waals surface area (Å²) < 4.78 is 0. The Balaban J connectivity index is 2.13. The lowest BCUT2D eigenvalue weighted by molar-refractivity contribution is -0.0208. The van der Waals surface area contributed by atoms with Crippen LogP contribution in [0.5, 0.6) is 0 Å². The lowest BCUT2D eigenvalue weighted by Crippen LogP contribution is -2.44. The Bertz CT molecular complexity index is 808. The zero-order chi connectivity index (χ0) is 17.2. The molecule has 0 spiro atoms. The number of nitrogens with one attached hydrogen (secondary N) is 1. The van der Waals surface area contributed by atoms with Gasteiger partial charge in [-0.2, -0.15) is 0 Å². The minimum Gasteiger partial charge on any atom is -0.396 e. The molecule has 3 rings (SSSR count). The predicted octanol–water partition coefficient (Wildman–Crippen LogP) is 4.22. The average molecular weight is 344 g/mol. The molecule has 0 saturated carbocycles. The molecule has 0 saturated heterocycles. The second-order valence-electron chi connectivity index (χ2n) is 6.10. The smallest absolute Gasteiger partial charge is 0.118 e. The third-order valence-corrected chi connectivity index (χ3v) is 5.09. The summed E-state index contributed by atoms with van der Waals surface area (Å²) in [7, 11) is 0. The van der Waals surface area contributed by atoms with E-state index in [9.17, 15) is 10.2 Å². The summed E-state index contributed by atoms with van der Waals surface area (Å²) in [6, 6.07) is 16.1. The van der Waals surface area contributed by atoms with E-state index in [0.717, 1.165) is 32.1 Å². The van der Waals surface area contributed by atoms with Crippen LogP contribution in [0.2, 0.25) is 5.02 Å². The summed E-state index contributed by atoms with van der Waals surface area (Å²) in [4.78, 5) is 0. The normalized spacial score (nSPS) is 14.2. The highest BCUT2D eigenvalue weighted by Gasteiger charge is 2.24. The Morgan fingerprint density at radius 3 is 1.92 bits per heavy atom. The van der Waals surface area contributed by atoms with Crippen molar-refractivity contribution in [2.24, 2.45) is 0 Å². The van der Waals surface area contributed by atoms with Gasteiger partial charge in [-0.25, -0.2) is 0 Å². The van der Waals surface area contributed by atoms with Gasteiger partial charge in [-0.05, 0) is 22.8 Å². The summed E-state index contributed by atoms with van der Waals surface area (Å²) >= 11 is 6.61. The summed E-state index contributed by atoms with van der Waals surface area (Å²) in [6.07, 6.45) is 0.823. The van der Waals surface area contributed by atoms with Crippen LogP contribution in [0.25, 0.3) is 21.5 Å². The monoisotopic (exact) mass is 343 g/mol. The van der Waals surface area contributed by atoms with Crippen molar-refractivity contribution in [1.82, 2.24) is 5.32 Å². The van der Waals surface area contributed by atoms with E-state index in [4.69, 9.17) is 11.6 Å². The zero-order valence-corrected chi connectivity index (χ0v) is 14.5. The fourth-order valence-electron chi connectivity index (χ4n) is 3.18. The van der Waals surface area contributed by atoms with Crippen molar-refractivity contribution in [2.75, 3.05) is 6.61 Å². The van der Waals surface area contributed by atoms with Gasteiger partial charge in [0.15, 0.2) is 0 Å². The molecule has 0 aromatic heterocycles. The summed E-state index contributed by atoms with van der Waals surface area (Å²) in [6.45, 7) is 2.35. The van der Waals surface area contributed by atoms with Gasteiger partial charge in [0.1, 0.15) is 5.72 Å². The largest absolute Gasteiger partial charge is 0.396 e. The number of hydrogen-bond acceptors (Lipinski definition) is 3. The lowest BCUT2D eigenvalue weighted by Gasteiger charge is -2.28. The Morgan fingerprint density at radius 2 is 1.46 bits per heavy atom. The number of halogens is 1. The second kappa shape index (κ2) is 7.08. The van der Waals surface area contributed by atoms with Gasteiger partial charge in [-0.1, -0.05) is 67.1 Å². The van der Waals surface area contributed by atoms with Crippen molar-refractivity contribution >= 4 is 33.1 Å². The van der Waals surface area contributed by atoms with Crippen LogP contribution in [0.3, 0.4) is 0 Å². The van der Waals surface area contributed by atoms with Gasteiger partial charge in [-0.3, -0.25) is 5.32 Å². The maximum Gasteiger partial charge on any atom is 0.118 e. The highest BCUT2D eigenvalue weighted by atomic mass is 35.5. The fourth-order valence-corrected chi connectivity index (χ4v) is 3.51. The van der Waals surface area contributed by atoms with Crippen LogP contribution in [0.1, 0.15) is 25.3 Å². The molecule has 126 valence electrons. The summed E-state index contributed by atoms with van der Waals surface area (Å²) in [5.74, 6) is 0. The third kappa shape index (κ3) is 3.13. The zero-order valence-electron chi connectivity index (χ0n) is 13.7. The minimum atomic E-state index is -1.07. The van der Waals surface area contributed by atoms with Crippen molar-refractivity contribution in [3.63, 3.8) is 0 Å². The van der Waals surface area contributed by atoms with Crippen LogP contribution >= 0.6 is 11.6 Å². The quantitative estimate of drug-likeness (QED) is 0.464. The van der Waals surface area contributed by atoms with E-state index in [2.05, 4.69) is 17.4 Å². The van der Waals surface area contributed by atoms with E-state index >= 15 is 0 Å². The number of aliphatic hydroxyl groups is 2. The third-order valence-electron chi connectivity index (χ3n) is 4.68. The average Bonchev–Trinajstić information content (AvgIpc) is 2.62. The molecule has 24 heavy (non-hydrogen) atoms. The molecule has 0 radical (unpaired) electrons. The predicted molar refractivity (Wildman–Crippen MR) is 100 cm³/mol. The van der Waals surface area contributed by atoms with Crippen LogP contribution < -0.4 is 5.32 Å².